The summed E-state index contributed by atoms with van der Waals surface area (Å²) in [6, 6.07) is 11.0. The van der Waals surface area contributed by atoms with Gasteiger partial charge in [0.15, 0.2) is 0 Å². The molecule has 0 aromatic heterocycles. The molecule has 1 aliphatic rings. The molecule has 140 valence electrons. The van der Waals surface area contributed by atoms with Crippen LogP contribution in [0.4, 0.5) is 0 Å². The Kier molecular flexibility index (Phi) is 5.84. The van der Waals surface area contributed by atoms with Gasteiger partial charge in [0.05, 0.1) is 12.0 Å². The summed E-state index contributed by atoms with van der Waals surface area (Å²) < 4.78 is 38.6. The number of fused-ring (bicyclic) bond motifs is 1. The highest BCUT2D eigenvalue weighted by atomic mass is 32.2. The third-order valence-electron chi connectivity index (χ3n) is 4.68. The highest BCUT2D eigenvalue weighted by Gasteiger charge is 2.17. The van der Waals surface area contributed by atoms with Crippen molar-refractivity contribution >= 4 is 10.0 Å². The topological polar surface area (TPSA) is 64.6 Å². The molecule has 0 heterocycles. The monoisotopic (exact) mass is 375 g/mol. The van der Waals surface area contributed by atoms with E-state index in [-0.39, 0.29) is 11.4 Å². The van der Waals surface area contributed by atoms with E-state index in [1.54, 1.807) is 32.2 Å². The lowest BCUT2D eigenvalue weighted by Crippen LogP contribution is -2.29. The van der Waals surface area contributed by atoms with E-state index in [9.17, 15) is 8.42 Å². The molecule has 1 N–H and O–H groups in total. The number of hydrogen-bond acceptors (Lipinski definition) is 4. The van der Waals surface area contributed by atoms with Gasteiger partial charge in [0, 0.05) is 6.54 Å². The number of sulfonamides is 1. The summed E-state index contributed by atoms with van der Waals surface area (Å²) in [6.45, 7) is 2.27. The highest BCUT2D eigenvalue weighted by molar-refractivity contribution is 7.89. The van der Waals surface area contributed by atoms with Crippen LogP contribution < -0.4 is 14.2 Å². The van der Waals surface area contributed by atoms with Crippen LogP contribution in [0.15, 0.2) is 41.3 Å². The summed E-state index contributed by atoms with van der Waals surface area (Å²) >= 11 is 0. The maximum Gasteiger partial charge on any atom is 0.240 e. The van der Waals surface area contributed by atoms with Crippen molar-refractivity contribution < 1.29 is 17.9 Å². The number of aryl methyl sites for hydroxylation is 2. The summed E-state index contributed by atoms with van der Waals surface area (Å²) in [5, 5.41) is 0. The van der Waals surface area contributed by atoms with E-state index in [4.69, 9.17) is 9.47 Å². The van der Waals surface area contributed by atoms with Crippen LogP contribution >= 0.6 is 0 Å². The lowest BCUT2D eigenvalue weighted by atomic mass is 9.91. The van der Waals surface area contributed by atoms with Gasteiger partial charge in [-0.25, -0.2) is 13.1 Å². The molecule has 0 bridgehead atoms. The predicted octanol–water partition coefficient (Wildman–Crippen LogP) is 3.24. The van der Waals surface area contributed by atoms with Crippen LogP contribution in [0.1, 0.15) is 29.5 Å². The molecule has 0 aliphatic heterocycles. The van der Waals surface area contributed by atoms with Gasteiger partial charge < -0.3 is 9.47 Å². The Hall–Kier alpha value is -2.05. The minimum absolute atomic E-state index is 0.220. The molecule has 2 aromatic rings. The standard InChI is InChI=1S/C20H25NO4S/c1-15-14-17(24-2)10-11-20(15)26(22,23)21-12-13-25-19-9-5-7-16-6-3-4-8-18(16)19/h5,7,9-11,14,21H,3-4,6,8,12-13H2,1-2H3. The molecule has 0 atom stereocenters. The third-order valence-corrected chi connectivity index (χ3v) is 6.30. The minimum Gasteiger partial charge on any atom is -0.497 e. The molecule has 0 saturated heterocycles. The molecule has 0 spiro atoms. The summed E-state index contributed by atoms with van der Waals surface area (Å²) in [5.41, 5.74) is 3.27. The average molecular weight is 375 g/mol. The largest absolute Gasteiger partial charge is 0.497 e. The van der Waals surface area contributed by atoms with E-state index in [0.29, 0.717) is 17.9 Å². The first-order valence-corrected chi connectivity index (χ1v) is 10.4. The van der Waals surface area contributed by atoms with E-state index in [2.05, 4.69) is 10.8 Å². The quantitative estimate of drug-likeness (QED) is 0.755. The maximum absolute atomic E-state index is 12.5. The fraction of sp³-hybridized carbons (Fsp3) is 0.400. The first kappa shape index (κ1) is 18.7. The van der Waals surface area contributed by atoms with Gasteiger partial charge in [-0.1, -0.05) is 12.1 Å². The van der Waals surface area contributed by atoms with Gasteiger partial charge in [-0.05, 0) is 73.6 Å². The molecule has 2 aromatic carbocycles. The van der Waals surface area contributed by atoms with Crippen molar-refractivity contribution in [3.05, 3.63) is 53.1 Å². The molecular formula is C20H25NO4S. The molecule has 6 heteroatoms. The average Bonchev–Trinajstić information content (AvgIpc) is 2.65. The second kappa shape index (κ2) is 8.10. The van der Waals surface area contributed by atoms with Crippen molar-refractivity contribution in [2.75, 3.05) is 20.3 Å². The SMILES string of the molecule is COc1ccc(S(=O)(=O)NCCOc2cccc3c2CCCC3)c(C)c1. The van der Waals surface area contributed by atoms with Crippen molar-refractivity contribution in [3.63, 3.8) is 0 Å². The summed E-state index contributed by atoms with van der Waals surface area (Å²) in [4.78, 5) is 0.260. The van der Waals surface area contributed by atoms with Gasteiger partial charge in [0.25, 0.3) is 0 Å². The molecule has 0 unspecified atom stereocenters. The Bertz CT molecular complexity index is 877. The van der Waals surface area contributed by atoms with Crippen LogP contribution in [0.25, 0.3) is 0 Å². The Morgan fingerprint density at radius 2 is 1.92 bits per heavy atom. The van der Waals surface area contributed by atoms with Crippen molar-refractivity contribution in [1.82, 2.24) is 4.72 Å². The normalized spacial score (nSPS) is 13.9. The Labute approximate surface area is 155 Å². The fourth-order valence-corrected chi connectivity index (χ4v) is 4.58. The van der Waals surface area contributed by atoms with Gasteiger partial charge in [-0.15, -0.1) is 0 Å². The van der Waals surface area contributed by atoms with E-state index in [1.807, 2.05) is 12.1 Å². The first-order valence-electron chi connectivity index (χ1n) is 8.89. The van der Waals surface area contributed by atoms with Gasteiger partial charge in [0.1, 0.15) is 18.1 Å². The third kappa shape index (κ3) is 4.19. The summed E-state index contributed by atoms with van der Waals surface area (Å²) in [7, 11) is -2.02. The van der Waals surface area contributed by atoms with Crippen LogP contribution in [0.5, 0.6) is 11.5 Å². The zero-order valence-electron chi connectivity index (χ0n) is 15.2. The Morgan fingerprint density at radius 1 is 1.12 bits per heavy atom. The second-order valence-electron chi connectivity index (χ2n) is 6.48. The molecule has 0 radical (unpaired) electrons. The van der Waals surface area contributed by atoms with Crippen molar-refractivity contribution in [3.8, 4) is 11.5 Å². The number of benzene rings is 2. The van der Waals surface area contributed by atoms with Gasteiger partial charge >= 0.3 is 0 Å². The van der Waals surface area contributed by atoms with E-state index in [1.165, 1.54) is 24.0 Å². The maximum atomic E-state index is 12.5. The van der Waals surface area contributed by atoms with Crippen LogP contribution in [0, 0.1) is 6.92 Å². The molecule has 3 rings (SSSR count). The number of hydrogen-bond donors (Lipinski definition) is 1. The van der Waals surface area contributed by atoms with Gasteiger partial charge in [-0.2, -0.15) is 0 Å². The fourth-order valence-electron chi connectivity index (χ4n) is 3.35. The van der Waals surface area contributed by atoms with Gasteiger partial charge in [-0.3, -0.25) is 0 Å². The van der Waals surface area contributed by atoms with E-state index in [0.717, 1.165) is 18.6 Å². The van der Waals surface area contributed by atoms with E-state index < -0.39 is 10.0 Å². The lowest BCUT2D eigenvalue weighted by Gasteiger charge is -2.19. The highest BCUT2D eigenvalue weighted by Crippen LogP contribution is 2.29. The molecular weight excluding hydrogens is 350 g/mol. The molecule has 0 amide bonds. The Morgan fingerprint density at radius 3 is 2.69 bits per heavy atom. The van der Waals surface area contributed by atoms with Crippen LogP contribution in [0.3, 0.4) is 0 Å². The van der Waals surface area contributed by atoms with Crippen molar-refractivity contribution in [2.45, 2.75) is 37.5 Å². The molecule has 1 aliphatic carbocycles. The van der Waals surface area contributed by atoms with Crippen molar-refractivity contribution in [1.29, 1.82) is 0 Å². The molecule has 26 heavy (non-hydrogen) atoms. The summed E-state index contributed by atoms with van der Waals surface area (Å²) in [5.74, 6) is 1.51. The molecule has 0 fully saturated rings. The van der Waals surface area contributed by atoms with Crippen molar-refractivity contribution in [2.24, 2.45) is 0 Å². The molecule has 5 nitrogen and oxygen atoms in total. The summed E-state index contributed by atoms with van der Waals surface area (Å²) in [6.07, 6.45) is 4.52. The lowest BCUT2D eigenvalue weighted by molar-refractivity contribution is 0.318. The molecule has 0 saturated carbocycles. The first-order chi connectivity index (χ1) is 12.5. The number of ether oxygens (including phenoxy) is 2. The Balaban J connectivity index is 1.60. The zero-order chi connectivity index (χ0) is 18.6. The van der Waals surface area contributed by atoms with E-state index >= 15 is 0 Å². The van der Waals surface area contributed by atoms with Gasteiger partial charge in [0.2, 0.25) is 10.0 Å². The van der Waals surface area contributed by atoms with Crippen LogP contribution in [-0.2, 0) is 22.9 Å². The predicted molar refractivity (Wildman–Crippen MR) is 101 cm³/mol. The number of nitrogens with one attached hydrogen (secondary N) is 1. The van der Waals surface area contributed by atoms with Crippen LogP contribution in [-0.4, -0.2) is 28.7 Å². The zero-order valence-corrected chi connectivity index (χ0v) is 16.1. The minimum atomic E-state index is -3.57. The smallest absolute Gasteiger partial charge is 0.240 e. The second-order valence-corrected chi connectivity index (χ2v) is 8.21. The number of rotatable bonds is 7. The van der Waals surface area contributed by atoms with Crippen LogP contribution in [0.2, 0.25) is 0 Å². The number of methoxy groups -OCH3 is 1.